The Morgan fingerprint density at radius 3 is 1.71 bits per heavy atom. The number of hydrogen-bond donors (Lipinski definition) is 11. The van der Waals surface area contributed by atoms with Crippen molar-refractivity contribution in [1.82, 2.24) is 16.0 Å². The van der Waals surface area contributed by atoms with E-state index in [4.69, 9.17) is 18.9 Å². The summed E-state index contributed by atoms with van der Waals surface area (Å²) in [6.07, 6.45) is -13.6. The first-order chi connectivity index (χ1) is 33.7. The van der Waals surface area contributed by atoms with Gasteiger partial charge in [-0.2, -0.15) is 0 Å². The number of carbonyl (C=O) groups is 7. The first-order valence-corrected chi connectivity index (χ1v) is 25.6. The smallest absolute Gasteiger partial charge is 0.325 e. The molecule has 0 spiro atoms. The molecule has 4 saturated carbocycles. The van der Waals surface area contributed by atoms with E-state index in [2.05, 4.69) is 43.6 Å². The highest BCUT2D eigenvalue weighted by molar-refractivity contribution is 5.96. The maximum atomic E-state index is 15.2. The molecule has 0 radical (unpaired) electrons. The van der Waals surface area contributed by atoms with Crippen LogP contribution in [0, 0.1) is 50.2 Å². The fraction of sp³-hybridized carbons (Fsp3) is 0.824. The van der Waals surface area contributed by atoms with Gasteiger partial charge in [0.15, 0.2) is 30.6 Å². The molecule has 7 aliphatic rings. The van der Waals surface area contributed by atoms with Gasteiger partial charge in [-0.1, -0.05) is 54.0 Å². The van der Waals surface area contributed by atoms with Gasteiger partial charge in [0.25, 0.3) is 11.8 Å². The predicted octanol–water partition coefficient (Wildman–Crippen LogP) is 0.760. The van der Waals surface area contributed by atoms with Gasteiger partial charge in [-0.25, -0.2) is 0 Å². The van der Waals surface area contributed by atoms with Crippen LogP contribution in [0.1, 0.15) is 127 Å². The Bertz CT molecular complexity index is 2260. The first-order valence-electron chi connectivity index (χ1n) is 25.6. The number of aliphatic carboxylic acids is 3. The van der Waals surface area contributed by atoms with E-state index in [9.17, 15) is 69.6 Å². The number of fused-ring (bicyclic) bond motifs is 7. The number of nitrogens with one attached hydrogen (secondary N) is 3. The molecule has 3 amide bonds. The van der Waals surface area contributed by atoms with Gasteiger partial charge in [0.1, 0.15) is 54.7 Å². The number of carboxylic acids is 3. The molecule has 2 heterocycles. The van der Waals surface area contributed by atoms with Gasteiger partial charge in [-0.3, -0.25) is 33.6 Å². The van der Waals surface area contributed by atoms with Crippen molar-refractivity contribution in [3.63, 3.8) is 0 Å². The number of rotatable bonds is 13. The second-order valence-electron chi connectivity index (χ2n) is 24.3. The zero-order valence-electron chi connectivity index (χ0n) is 43.3. The highest BCUT2D eigenvalue weighted by Crippen LogP contribution is 2.75. The molecule has 0 aromatic heterocycles. The lowest BCUT2D eigenvalue weighted by atomic mass is 9.33. The second kappa shape index (κ2) is 19.8. The quantitative estimate of drug-likeness (QED) is 0.113. The molecule has 22 nitrogen and oxygen atoms in total. The molecule has 7 rings (SSSR count). The Morgan fingerprint density at radius 2 is 1.15 bits per heavy atom. The van der Waals surface area contributed by atoms with Gasteiger partial charge in [0.05, 0.1) is 6.10 Å². The molecule has 11 N–H and O–H groups in total. The first kappa shape index (κ1) is 56.6. The van der Waals surface area contributed by atoms with E-state index in [1.54, 1.807) is 0 Å². The molecule has 410 valence electrons. The summed E-state index contributed by atoms with van der Waals surface area (Å²) in [6, 6.07) is -3.98. The van der Waals surface area contributed by atoms with E-state index in [0.29, 0.717) is 38.5 Å². The minimum atomic E-state index is -2.12. The van der Waals surface area contributed by atoms with Crippen molar-refractivity contribution in [3.8, 4) is 0 Å². The van der Waals surface area contributed by atoms with E-state index in [1.807, 2.05) is 26.8 Å². The predicted molar refractivity (Wildman–Crippen MR) is 252 cm³/mol. The number of ether oxygens (including phenoxy) is 4. The van der Waals surface area contributed by atoms with E-state index < -0.39 is 148 Å². The lowest BCUT2D eigenvalue weighted by Crippen LogP contribution is -2.69. The molecule has 5 aliphatic carbocycles. The van der Waals surface area contributed by atoms with Gasteiger partial charge < -0.3 is 75.8 Å². The minimum absolute atomic E-state index is 0.00574. The lowest BCUT2D eigenvalue weighted by molar-refractivity contribution is -0.369. The Labute approximate surface area is 424 Å². The molecule has 0 unspecified atom stereocenters. The van der Waals surface area contributed by atoms with Crippen LogP contribution in [0.4, 0.5) is 0 Å². The summed E-state index contributed by atoms with van der Waals surface area (Å²) in [5.41, 5.74) is -2.32. The third-order valence-corrected chi connectivity index (χ3v) is 19.5. The molecular weight excluding hydrogens is 959 g/mol. The fourth-order valence-corrected chi connectivity index (χ4v) is 14.6. The van der Waals surface area contributed by atoms with Gasteiger partial charge in [0, 0.05) is 11.3 Å². The fourth-order valence-electron chi connectivity index (χ4n) is 14.6. The average Bonchev–Trinajstić information content (AvgIpc) is 3.30. The van der Waals surface area contributed by atoms with Crippen LogP contribution >= 0.6 is 0 Å². The summed E-state index contributed by atoms with van der Waals surface area (Å²) in [7, 11) is 0. The maximum absolute atomic E-state index is 15.2. The van der Waals surface area contributed by atoms with Crippen molar-refractivity contribution in [3.05, 3.63) is 11.6 Å². The number of hydrogen-bond acceptors (Lipinski definition) is 16. The zero-order valence-corrected chi connectivity index (χ0v) is 43.3. The molecule has 73 heavy (non-hydrogen) atoms. The Hall–Kier alpha value is -4.13. The molecule has 2 aliphatic heterocycles. The summed E-state index contributed by atoms with van der Waals surface area (Å²) >= 11 is 0. The van der Waals surface area contributed by atoms with Crippen molar-refractivity contribution < 1.29 is 93.4 Å². The molecule has 0 aromatic carbocycles. The van der Waals surface area contributed by atoms with Crippen LogP contribution in [0.2, 0.25) is 0 Å². The van der Waals surface area contributed by atoms with E-state index in [0.717, 1.165) is 31.8 Å². The van der Waals surface area contributed by atoms with Gasteiger partial charge in [-0.15, -0.1) is 0 Å². The third-order valence-electron chi connectivity index (χ3n) is 19.5. The van der Waals surface area contributed by atoms with Crippen LogP contribution in [0.3, 0.4) is 0 Å². The highest BCUT2D eigenvalue weighted by atomic mass is 16.8. The van der Waals surface area contributed by atoms with Crippen molar-refractivity contribution in [2.75, 3.05) is 0 Å². The Kier molecular flexibility index (Phi) is 15.3. The van der Waals surface area contributed by atoms with Gasteiger partial charge in [-0.05, 0) is 124 Å². The van der Waals surface area contributed by atoms with Crippen molar-refractivity contribution in [1.29, 1.82) is 0 Å². The maximum Gasteiger partial charge on any atom is 0.325 e. The summed E-state index contributed by atoms with van der Waals surface area (Å²) in [5.74, 6) is -7.32. The van der Waals surface area contributed by atoms with Crippen LogP contribution < -0.4 is 16.0 Å². The Balaban J connectivity index is 1.18. The summed E-state index contributed by atoms with van der Waals surface area (Å²) in [6.45, 7) is 18.5. The Morgan fingerprint density at radius 1 is 0.630 bits per heavy atom. The topological polar surface area (TPSA) is 354 Å². The standard InChI is InChI=1S/C51H77N3O19/c1-21(40(63)64)52-38(61)34-30(57)29(56)33(60)43(71-34)73-36-32(59)31(58)35(39(62)53-22(2)41(65)66)72-44(36)70-28-12-13-49(8)27(46(28,4)5)11-14-51(10)37(49)26(55)19-24-25-20-48(7,45(69)54-23(3)42(67)68)16-15-47(25,6)17-18-50(24,51)9/h19,21-23,25,27-37,43-44,56-60H,11-18,20H2,1-10H3,(H,52,61)(H,53,62)(H,54,69)(H,63,64)(H,65,66)(H,67,68)/t21-,22-,23-,25-,27-,28-,29-,30-,31-,32-,33+,34-,35-,36+,37+,43-,44+,47+,48-,49-,50+,51+/m0/s1. The molecule has 22 heteroatoms. The normalized spacial score (nSPS) is 45.2. The molecular formula is C51H77N3O19. The van der Waals surface area contributed by atoms with Crippen LogP contribution in [0.15, 0.2) is 11.6 Å². The van der Waals surface area contributed by atoms with Crippen molar-refractivity contribution in [2.24, 2.45) is 50.2 Å². The number of carbonyl (C=O) groups excluding carboxylic acids is 4. The van der Waals surface area contributed by atoms with Crippen molar-refractivity contribution in [2.45, 2.75) is 213 Å². The van der Waals surface area contributed by atoms with E-state index in [1.165, 1.54) is 13.8 Å². The highest BCUT2D eigenvalue weighted by Gasteiger charge is 2.71. The summed E-state index contributed by atoms with van der Waals surface area (Å²) in [5, 5.41) is 91.2. The number of carboxylic acid groups (broad SMARTS) is 3. The number of aliphatic hydroxyl groups is 5. The zero-order chi connectivity index (χ0) is 54.5. The van der Waals surface area contributed by atoms with Crippen LogP contribution in [0.25, 0.3) is 0 Å². The van der Waals surface area contributed by atoms with Crippen molar-refractivity contribution >= 4 is 41.4 Å². The monoisotopic (exact) mass is 1040 g/mol. The molecule has 0 bridgehead atoms. The molecule has 2 saturated heterocycles. The number of amides is 3. The van der Waals surface area contributed by atoms with Gasteiger partial charge in [0.2, 0.25) is 5.91 Å². The second-order valence-corrected chi connectivity index (χ2v) is 24.3. The SMILES string of the molecule is C[C@H](NC(=O)[C@H]1O[C@@H](O[C@H]2[C@H](O[C@H]3CC[C@]4(C)[C@H]5C(=O)C=C6[C@@H]7C[C@@](C)(C(=O)N[C@@H](C)C(=O)O)CC[C@]7(C)CC[C@@]6(C)[C@]5(C)CC[C@H]4C3(C)C)O[C@H](C(=O)N[C@@H](C)C(=O)O)[C@@H](O)[C@@H]2O)[C@H](O)[C@@H](O)[C@@H]1O)C(=O)O. The van der Waals surface area contributed by atoms with E-state index in [-0.39, 0.29) is 28.9 Å². The molecule has 0 aromatic rings. The van der Waals surface area contributed by atoms with Gasteiger partial charge >= 0.3 is 17.9 Å². The van der Waals surface area contributed by atoms with Crippen LogP contribution in [0.5, 0.6) is 0 Å². The molecule has 22 atom stereocenters. The number of aliphatic hydroxyl groups excluding tert-OH is 5. The minimum Gasteiger partial charge on any atom is -0.480 e. The summed E-state index contributed by atoms with van der Waals surface area (Å²) in [4.78, 5) is 90.5. The average molecular weight is 1040 g/mol. The van der Waals surface area contributed by atoms with Crippen LogP contribution in [-0.2, 0) is 52.5 Å². The number of ketones is 1. The van der Waals surface area contributed by atoms with E-state index >= 15 is 4.79 Å². The lowest BCUT2D eigenvalue weighted by Gasteiger charge is -2.70. The van der Waals surface area contributed by atoms with Crippen LogP contribution in [-0.4, -0.2) is 168 Å². The summed E-state index contributed by atoms with van der Waals surface area (Å²) < 4.78 is 24.5. The number of allylic oxidation sites excluding steroid dienone is 2. The third kappa shape index (κ3) is 9.52. The molecule has 6 fully saturated rings. The largest absolute Gasteiger partial charge is 0.480 e.